The third-order valence-electron chi connectivity index (χ3n) is 5.76. The highest BCUT2D eigenvalue weighted by atomic mass is 16.1. The van der Waals surface area contributed by atoms with Gasteiger partial charge in [-0.15, -0.1) is 0 Å². The number of hydrogen-bond donors (Lipinski definition) is 1. The molecule has 5 heteroatoms. The first kappa shape index (κ1) is 16.2. The molecule has 1 N–H and O–H groups in total. The van der Waals surface area contributed by atoms with Gasteiger partial charge in [0.1, 0.15) is 11.6 Å². The van der Waals surface area contributed by atoms with Gasteiger partial charge in [0.15, 0.2) is 0 Å². The lowest BCUT2D eigenvalue weighted by atomic mass is 9.92. The van der Waals surface area contributed by atoms with E-state index in [4.69, 9.17) is 0 Å². The van der Waals surface area contributed by atoms with Gasteiger partial charge in [0.25, 0.3) is 5.56 Å². The molecule has 0 atom stereocenters. The van der Waals surface area contributed by atoms with Crippen molar-refractivity contribution >= 4 is 16.6 Å². The predicted octanol–water partition coefficient (Wildman–Crippen LogP) is 2.84. The first-order valence-electron chi connectivity index (χ1n) is 9.00. The SMILES string of the molecule is CN(C)Cc1ccc2[nH]c(=O)c(C#N)c(N3CCC4(CC3)CC4)c2c1. The highest BCUT2D eigenvalue weighted by Crippen LogP contribution is 2.54. The molecule has 1 saturated carbocycles. The van der Waals surface area contributed by atoms with Gasteiger partial charge in [-0.3, -0.25) is 4.79 Å². The minimum Gasteiger partial charge on any atom is -0.370 e. The molecule has 0 amide bonds. The molecule has 0 radical (unpaired) electrons. The van der Waals surface area contributed by atoms with E-state index in [1.165, 1.54) is 31.2 Å². The molecule has 130 valence electrons. The quantitative estimate of drug-likeness (QED) is 0.936. The summed E-state index contributed by atoms with van der Waals surface area (Å²) < 4.78 is 0. The van der Waals surface area contributed by atoms with Crippen LogP contribution in [0, 0.1) is 16.7 Å². The molecule has 2 aromatic rings. The number of rotatable bonds is 3. The van der Waals surface area contributed by atoms with Crippen LogP contribution in [0.25, 0.3) is 10.9 Å². The molecule has 1 aliphatic carbocycles. The van der Waals surface area contributed by atoms with Crippen LogP contribution in [0.4, 0.5) is 5.69 Å². The van der Waals surface area contributed by atoms with Crippen LogP contribution in [-0.2, 0) is 6.54 Å². The van der Waals surface area contributed by atoms with Crippen molar-refractivity contribution in [1.29, 1.82) is 5.26 Å². The molecule has 2 heterocycles. The molecule has 1 saturated heterocycles. The maximum absolute atomic E-state index is 12.4. The number of H-pyrrole nitrogens is 1. The number of anilines is 1. The van der Waals surface area contributed by atoms with Gasteiger partial charge in [-0.05, 0) is 62.9 Å². The van der Waals surface area contributed by atoms with Crippen LogP contribution in [-0.4, -0.2) is 37.1 Å². The van der Waals surface area contributed by atoms with Crippen molar-refractivity contribution in [2.45, 2.75) is 32.2 Å². The summed E-state index contributed by atoms with van der Waals surface area (Å²) in [5, 5.41) is 10.6. The van der Waals surface area contributed by atoms with Crippen LogP contribution in [0.15, 0.2) is 23.0 Å². The highest BCUT2D eigenvalue weighted by molar-refractivity contribution is 5.95. The average molecular weight is 336 g/mol. The molecule has 4 rings (SSSR count). The summed E-state index contributed by atoms with van der Waals surface area (Å²) in [5.74, 6) is 0. The van der Waals surface area contributed by atoms with E-state index in [1.807, 2.05) is 26.2 Å². The molecule has 2 aliphatic rings. The van der Waals surface area contributed by atoms with Crippen molar-refractivity contribution in [3.63, 3.8) is 0 Å². The molecule has 1 aliphatic heterocycles. The zero-order valence-electron chi connectivity index (χ0n) is 14.9. The number of piperidine rings is 1. The van der Waals surface area contributed by atoms with Gasteiger partial charge in [-0.25, -0.2) is 0 Å². The van der Waals surface area contributed by atoms with Crippen LogP contribution >= 0.6 is 0 Å². The van der Waals surface area contributed by atoms with Crippen molar-refractivity contribution in [3.8, 4) is 6.07 Å². The summed E-state index contributed by atoms with van der Waals surface area (Å²) in [5.41, 5.74) is 3.37. The minimum absolute atomic E-state index is 0.251. The number of aromatic nitrogens is 1. The summed E-state index contributed by atoms with van der Waals surface area (Å²) in [6.45, 7) is 2.70. The number of nitrogens with one attached hydrogen (secondary N) is 1. The van der Waals surface area contributed by atoms with Crippen LogP contribution < -0.4 is 10.5 Å². The van der Waals surface area contributed by atoms with E-state index in [0.717, 1.165) is 36.2 Å². The Balaban J connectivity index is 1.83. The molecule has 1 aromatic heterocycles. The second kappa shape index (κ2) is 5.89. The Morgan fingerprint density at radius 1 is 1.24 bits per heavy atom. The summed E-state index contributed by atoms with van der Waals surface area (Å²) in [4.78, 5) is 19.7. The van der Waals surface area contributed by atoms with Crippen molar-refractivity contribution in [1.82, 2.24) is 9.88 Å². The van der Waals surface area contributed by atoms with Gasteiger partial charge in [-0.1, -0.05) is 6.07 Å². The van der Waals surface area contributed by atoms with E-state index in [2.05, 4.69) is 26.9 Å². The van der Waals surface area contributed by atoms with E-state index in [0.29, 0.717) is 5.41 Å². The number of pyridine rings is 1. The van der Waals surface area contributed by atoms with E-state index in [-0.39, 0.29) is 11.1 Å². The first-order valence-corrected chi connectivity index (χ1v) is 9.00. The third-order valence-corrected chi connectivity index (χ3v) is 5.76. The lowest BCUT2D eigenvalue weighted by molar-refractivity contribution is 0.384. The van der Waals surface area contributed by atoms with E-state index in [9.17, 15) is 10.1 Å². The smallest absolute Gasteiger partial charge is 0.268 e. The van der Waals surface area contributed by atoms with Gasteiger partial charge < -0.3 is 14.8 Å². The van der Waals surface area contributed by atoms with Gasteiger partial charge in [0, 0.05) is 25.0 Å². The number of aromatic amines is 1. The lowest BCUT2D eigenvalue weighted by Gasteiger charge is -2.34. The number of nitriles is 1. The van der Waals surface area contributed by atoms with Crippen molar-refractivity contribution in [2.75, 3.05) is 32.1 Å². The zero-order valence-corrected chi connectivity index (χ0v) is 14.9. The maximum Gasteiger partial charge on any atom is 0.268 e. The number of fused-ring (bicyclic) bond motifs is 1. The van der Waals surface area contributed by atoms with Crippen molar-refractivity contribution < 1.29 is 0 Å². The minimum atomic E-state index is -0.280. The lowest BCUT2D eigenvalue weighted by Crippen LogP contribution is -2.36. The first-order chi connectivity index (χ1) is 12.0. The Kier molecular flexibility index (Phi) is 3.81. The number of hydrogen-bond acceptors (Lipinski definition) is 4. The highest BCUT2D eigenvalue weighted by Gasteiger charge is 2.44. The Bertz CT molecular complexity index is 908. The fourth-order valence-electron chi connectivity index (χ4n) is 4.10. The standard InChI is InChI=1S/C20H24N4O/c1-23(2)13-14-3-4-17-15(11-14)18(16(12-21)19(25)22-17)24-9-7-20(5-6-20)8-10-24/h3-4,11H,5-10,13H2,1-2H3,(H,22,25). The molecule has 2 fully saturated rings. The average Bonchev–Trinajstić information content (AvgIpc) is 3.33. The Hall–Kier alpha value is -2.32. The Labute approximate surface area is 147 Å². The van der Waals surface area contributed by atoms with Crippen molar-refractivity contribution in [3.05, 3.63) is 39.7 Å². The fourth-order valence-corrected chi connectivity index (χ4v) is 4.10. The van der Waals surface area contributed by atoms with Gasteiger partial charge in [-0.2, -0.15) is 5.26 Å². The largest absolute Gasteiger partial charge is 0.370 e. The molecule has 25 heavy (non-hydrogen) atoms. The van der Waals surface area contributed by atoms with E-state index >= 15 is 0 Å². The van der Waals surface area contributed by atoms with Crippen LogP contribution in [0.2, 0.25) is 0 Å². The van der Waals surface area contributed by atoms with Gasteiger partial charge in [0.05, 0.1) is 11.2 Å². The fraction of sp³-hybridized carbons (Fsp3) is 0.500. The normalized spacial score (nSPS) is 18.7. The molecule has 1 spiro atoms. The van der Waals surface area contributed by atoms with Crippen molar-refractivity contribution in [2.24, 2.45) is 5.41 Å². The molecule has 0 unspecified atom stereocenters. The molecular weight excluding hydrogens is 312 g/mol. The van der Waals surface area contributed by atoms with Gasteiger partial charge in [0.2, 0.25) is 0 Å². The number of benzene rings is 1. The van der Waals surface area contributed by atoms with E-state index < -0.39 is 0 Å². The molecule has 5 nitrogen and oxygen atoms in total. The monoisotopic (exact) mass is 336 g/mol. The molecule has 0 bridgehead atoms. The summed E-state index contributed by atoms with van der Waals surface area (Å²) in [6, 6.07) is 8.29. The summed E-state index contributed by atoms with van der Waals surface area (Å²) in [6.07, 6.45) is 5.03. The van der Waals surface area contributed by atoms with E-state index in [1.54, 1.807) is 0 Å². The Morgan fingerprint density at radius 2 is 1.96 bits per heavy atom. The zero-order chi connectivity index (χ0) is 17.6. The van der Waals surface area contributed by atoms with Crippen LogP contribution in [0.3, 0.4) is 0 Å². The van der Waals surface area contributed by atoms with Gasteiger partial charge >= 0.3 is 0 Å². The predicted molar refractivity (Wildman–Crippen MR) is 99.8 cm³/mol. The van der Waals surface area contributed by atoms with Crippen LogP contribution in [0.5, 0.6) is 0 Å². The number of nitrogens with zero attached hydrogens (tertiary/aromatic N) is 3. The second-order valence-corrected chi connectivity index (χ2v) is 7.89. The third kappa shape index (κ3) is 2.91. The van der Waals surface area contributed by atoms with Crippen LogP contribution in [0.1, 0.15) is 36.8 Å². The summed E-state index contributed by atoms with van der Waals surface area (Å²) >= 11 is 0. The maximum atomic E-state index is 12.4. The Morgan fingerprint density at radius 3 is 2.56 bits per heavy atom. The molecular formula is C20H24N4O. The summed E-state index contributed by atoms with van der Waals surface area (Å²) in [7, 11) is 4.08. The second-order valence-electron chi connectivity index (χ2n) is 7.89. The topological polar surface area (TPSA) is 63.1 Å². The molecule has 1 aromatic carbocycles.